The number of carbonyl (C=O) groups is 1. The first-order valence-electron chi connectivity index (χ1n) is 12.1. The first-order chi connectivity index (χ1) is 17.2. The summed E-state index contributed by atoms with van der Waals surface area (Å²) in [6.45, 7) is 4.19. The SMILES string of the molecule is O=C(Nc1ccc(Cl)cc1N1CCN(CCC(F)(F)F)CC1)c1ccc(CN[C@H]2CCNC2)cc1F. The fourth-order valence-electron chi connectivity index (χ4n) is 4.50. The second-order valence-electron chi connectivity index (χ2n) is 9.19. The molecular formula is C25H30ClF4N5O. The molecule has 11 heteroatoms. The molecule has 0 aliphatic carbocycles. The molecule has 0 bridgehead atoms. The Labute approximate surface area is 213 Å². The van der Waals surface area contributed by atoms with Crippen molar-refractivity contribution in [2.24, 2.45) is 0 Å². The summed E-state index contributed by atoms with van der Waals surface area (Å²) in [4.78, 5) is 16.7. The number of nitrogens with one attached hydrogen (secondary N) is 3. The van der Waals surface area contributed by atoms with Gasteiger partial charge in [0, 0.05) is 56.9 Å². The van der Waals surface area contributed by atoms with Gasteiger partial charge in [0.25, 0.3) is 5.91 Å². The zero-order chi connectivity index (χ0) is 25.7. The molecule has 36 heavy (non-hydrogen) atoms. The quantitative estimate of drug-likeness (QED) is 0.448. The molecule has 0 radical (unpaired) electrons. The first kappa shape index (κ1) is 26.7. The normalized spacial score (nSPS) is 19.0. The lowest BCUT2D eigenvalue weighted by molar-refractivity contribution is -0.138. The van der Waals surface area contributed by atoms with E-state index in [1.165, 1.54) is 12.1 Å². The largest absolute Gasteiger partial charge is 0.390 e. The fraction of sp³-hybridized carbons (Fsp3) is 0.480. The van der Waals surface area contributed by atoms with E-state index in [1.54, 1.807) is 29.2 Å². The average molecular weight is 528 g/mol. The second-order valence-corrected chi connectivity index (χ2v) is 9.63. The minimum atomic E-state index is -4.18. The van der Waals surface area contributed by atoms with Crippen LogP contribution < -0.4 is 20.9 Å². The van der Waals surface area contributed by atoms with Crippen molar-refractivity contribution in [1.29, 1.82) is 0 Å². The zero-order valence-corrected chi connectivity index (χ0v) is 20.6. The van der Waals surface area contributed by atoms with Gasteiger partial charge in [-0.05, 0) is 48.9 Å². The molecule has 0 unspecified atom stereocenters. The Hall–Kier alpha value is -2.40. The van der Waals surface area contributed by atoms with Crippen LogP contribution >= 0.6 is 11.6 Å². The molecule has 1 amide bonds. The lowest BCUT2D eigenvalue weighted by Gasteiger charge is -2.37. The van der Waals surface area contributed by atoms with Crippen LogP contribution in [0.25, 0.3) is 0 Å². The predicted octanol–water partition coefficient (Wildman–Crippen LogP) is 4.26. The number of hydrogen-bond donors (Lipinski definition) is 3. The molecule has 0 aromatic heterocycles. The van der Waals surface area contributed by atoms with Crippen molar-refractivity contribution in [2.75, 3.05) is 56.0 Å². The van der Waals surface area contributed by atoms with Gasteiger partial charge >= 0.3 is 6.18 Å². The Kier molecular flexibility index (Phi) is 8.71. The van der Waals surface area contributed by atoms with E-state index in [2.05, 4.69) is 16.0 Å². The number of nitrogens with zero attached hydrogens (tertiary/aromatic N) is 2. The van der Waals surface area contributed by atoms with E-state index in [9.17, 15) is 22.4 Å². The molecule has 0 saturated carbocycles. The number of alkyl halides is 3. The van der Waals surface area contributed by atoms with Crippen LogP contribution in [0.3, 0.4) is 0 Å². The standard InChI is InChI=1S/C25H30ClF4N5O/c26-18-2-4-22(23(14-18)35-11-9-34(10-12-35)8-6-25(28,29)30)33-24(36)20-3-1-17(13-21(20)27)15-32-19-5-7-31-16-19/h1-4,13-14,19,31-32H,5-12,15-16H2,(H,33,36)/t19-/m0/s1. The summed E-state index contributed by atoms with van der Waals surface area (Å²) in [7, 11) is 0. The number of carbonyl (C=O) groups excluding carboxylic acids is 1. The summed E-state index contributed by atoms with van der Waals surface area (Å²) < 4.78 is 52.4. The van der Waals surface area contributed by atoms with Crippen LogP contribution in [0.2, 0.25) is 5.02 Å². The van der Waals surface area contributed by atoms with Gasteiger partial charge in [-0.1, -0.05) is 17.7 Å². The maximum absolute atomic E-state index is 14.8. The highest BCUT2D eigenvalue weighted by Crippen LogP contribution is 2.31. The summed E-state index contributed by atoms with van der Waals surface area (Å²) >= 11 is 6.19. The van der Waals surface area contributed by atoms with E-state index < -0.39 is 24.3 Å². The Morgan fingerprint density at radius 3 is 2.56 bits per heavy atom. The molecule has 2 fully saturated rings. The van der Waals surface area contributed by atoms with Gasteiger partial charge in [0.05, 0.1) is 23.4 Å². The van der Waals surface area contributed by atoms with Crippen LogP contribution in [0.15, 0.2) is 36.4 Å². The molecule has 2 heterocycles. The highest BCUT2D eigenvalue weighted by atomic mass is 35.5. The van der Waals surface area contributed by atoms with E-state index in [4.69, 9.17) is 11.6 Å². The van der Waals surface area contributed by atoms with E-state index in [-0.39, 0.29) is 12.1 Å². The summed E-state index contributed by atoms with van der Waals surface area (Å²) in [5.41, 5.74) is 1.80. The maximum Gasteiger partial charge on any atom is 0.390 e. The molecule has 6 nitrogen and oxygen atoms in total. The van der Waals surface area contributed by atoms with Crippen LogP contribution in [-0.4, -0.2) is 68.8 Å². The average Bonchev–Trinajstić information content (AvgIpc) is 3.36. The lowest BCUT2D eigenvalue weighted by Crippen LogP contribution is -2.47. The van der Waals surface area contributed by atoms with E-state index >= 15 is 0 Å². The van der Waals surface area contributed by atoms with Crippen molar-refractivity contribution < 1.29 is 22.4 Å². The topological polar surface area (TPSA) is 59.6 Å². The van der Waals surface area contributed by atoms with Crippen LogP contribution in [0.5, 0.6) is 0 Å². The molecule has 2 aromatic rings. The Morgan fingerprint density at radius 2 is 1.89 bits per heavy atom. The Morgan fingerprint density at radius 1 is 1.11 bits per heavy atom. The van der Waals surface area contributed by atoms with E-state index in [0.717, 1.165) is 25.1 Å². The van der Waals surface area contributed by atoms with Crippen molar-refractivity contribution in [1.82, 2.24) is 15.5 Å². The van der Waals surface area contributed by atoms with Crippen molar-refractivity contribution in [3.8, 4) is 0 Å². The van der Waals surface area contributed by atoms with Crippen molar-refractivity contribution in [3.63, 3.8) is 0 Å². The molecule has 0 spiro atoms. The maximum atomic E-state index is 14.8. The predicted molar refractivity (Wildman–Crippen MR) is 133 cm³/mol. The van der Waals surface area contributed by atoms with Crippen molar-refractivity contribution in [2.45, 2.75) is 31.6 Å². The molecule has 1 atom stereocenters. The third-order valence-corrected chi connectivity index (χ3v) is 6.80. The third-order valence-electron chi connectivity index (χ3n) is 6.57. The van der Waals surface area contributed by atoms with Crippen molar-refractivity contribution >= 4 is 28.9 Å². The second kappa shape index (κ2) is 11.8. The van der Waals surface area contributed by atoms with Gasteiger partial charge in [-0.15, -0.1) is 0 Å². The Bertz CT molecular complexity index is 1050. The number of benzene rings is 2. The third kappa shape index (κ3) is 7.32. The fourth-order valence-corrected chi connectivity index (χ4v) is 4.67. The molecule has 196 valence electrons. The zero-order valence-electron chi connectivity index (χ0n) is 19.8. The van der Waals surface area contributed by atoms with Crippen LogP contribution in [0.1, 0.15) is 28.8 Å². The summed E-state index contributed by atoms with van der Waals surface area (Å²) in [5.74, 6) is -1.19. The van der Waals surface area contributed by atoms with Gasteiger partial charge < -0.3 is 20.9 Å². The van der Waals surface area contributed by atoms with Gasteiger partial charge in [0.1, 0.15) is 5.82 Å². The van der Waals surface area contributed by atoms with Crippen molar-refractivity contribution in [3.05, 3.63) is 58.4 Å². The number of piperazine rings is 1. The highest BCUT2D eigenvalue weighted by Gasteiger charge is 2.29. The Balaban J connectivity index is 1.39. The van der Waals surface area contributed by atoms with Gasteiger partial charge in [-0.25, -0.2) is 4.39 Å². The van der Waals surface area contributed by atoms with Gasteiger partial charge in [0.15, 0.2) is 0 Å². The molecule has 4 rings (SSSR count). The van der Waals surface area contributed by atoms with E-state index in [0.29, 0.717) is 55.2 Å². The molecule has 2 aliphatic rings. The van der Waals surface area contributed by atoms with Gasteiger partial charge in [-0.3, -0.25) is 9.69 Å². The molecule has 2 aliphatic heterocycles. The molecule has 3 N–H and O–H groups in total. The number of halogens is 5. The molecule has 2 aromatic carbocycles. The van der Waals surface area contributed by atoms with Crippen LogP contribution in [0.4, 0.5) is 28.9 Å². The van der Waals surface area contributed by atoms with Gasteiger partial charge in [-0.2, -0.15) is 13.2 Å². The smallest absolute Gasteiger partial charge is 0.367 e. The summed E-state index contributed by atoms with van der Waals surface area (Å²) in [6.07, 6.45) is -4.00. The number of rotatable bonds is 8. The number of anilines is 2. The first-order valence-corrected chi connectivity index (χ1v) is 12.4. The minimum Gasteiger partial charge on any atom is -0.367 e. The monoisotopic (exact) mass is 527 g/mol. The van der Waals surface area contributed by atoms with Gasteiger partial charge in [0.2, 0.25) is 0 Å². The molecule has 2 saturated heterocycles. The number of amides is 1. The van der Waals surface area contributed by atoms with Crippen LogP contribution in [-0.2, 0) is 6.54 Å². The van der Waals surface area contributed by atoms with Crippen LogP contribution in [0, 0.1) is 5.82 Å². The molecular weight excluding hydrogens is 498 g/mol. The summed E-state index contributed by atoms with van der Waals surface area (Å²) in [6, 6.07) is 9.91. The lowest BCUT2D eigenvalue weighted by atomic mass is 10.1. The minimum absolute atomic E-state index is 0.0428. The number of hydrogen-bond acceptors (Lipinski definition) is 5. The highest BCUT2D eigenvalue weighted by molar-refractivity contribution is 6.31. The van der Waals surface area contributed by atoms with E-state index in [1.807, 2.05) is 4.90 Å². The summed E-state index contributed by atoms with van der Waals surface area (Å²) in [5, 5.41) is 9.88.